The number of rotatable bonds is 6. The first-order valence-electron chi connectivity index (χ1n) is 10.8. The Hall–Kier alpha value is -4.38. The summed E-state index contributed by atoms with van der Waals surface area (Å²) >= 11 is 0. The van der Waals surface area contributed by atoms with Crippen molar-refractivity contribution in [3.63, 3.8) is 0 Å². The number of carbonyl (C=O) groups excluding carboxylic acids is 1. The highest BCUT2D eigenvalue weighted by Gasteiger charge is 2.33. The maximum absolute atomic E-state index is 13.7. The zero-order valence-electron chi connectivity index (χ0n) is 17.7. The number of aromatic nitrogens is 2. The predicted octanol–water partition coefficient (Wildman–Crippen LogP) is 5.93. The lowest BCUT2D eigenvalue weighted by atomic mass is 9.86. The van der Waals surface area contributed by atoms with Crippen LogP contribution in [0.5, 0.6) is 11.5 Å². The van der Waals surface area contributed by atoms with Gasteiger partial charge in [0.1, 0.15) is 30.4 Å². The van der Waals surface area contributed by atoms with E-state index < -0.39 is 0 Å². The van der Waals surface area contributed by atoms with Gasteiger partial charge in [0.05, 0.1) is 16.6 Å². The first-order valence-corrected chi connectivity index (χ1v) is 10.8. The van der Waals surface area contributed by atoms with Crippen LogP contribution in [0.4, 0.5) is 0 Å². The molecule has 0 unspecified atom stereocenters. The third-order valence-corrected chi connectivity index (χ3v) is 5.90. The Labute approximate surface area is 190 Å². The Morgan fingerprint density at radius 1 is 0.667 bits per heavy atom. The lowest BCUT2D eigenvalue weighted by Crippen LogP contribution is -2.13. The van der Waals surface area contributed by atoms with Crippen LogP contribution in [-0.2, 0) is 13.2 Å². The Morgan fingerprint density at radius 2 is 1.27 bits per heavy atom. The van der Waals surface area contributed by atoms with Crippen molar-refractivity contribution in [3.05, 3.63) is 113 Å². The second-order valence-electron chi connectivity index (χ2n) is 7.99. The van der Waals surface area contributed by atoms with Crippen LogP contribution in [0.3, 0.4) is 0 Å². The number of nitrogens with one attached hydrogen (secondary N) is 1. The van der Waals surface area contributed by atoms with E-state index in [2.05, 4.69) is 10.2 Å². The van der Waals surface area contributed by atoms with E-state index in [0.717, 1.165) is 22.0 Å². The molecule has 160 valence electrons. The predicted molar refractivity (Wildman–Crippen MR) is 127 cm³/mol. The largest absolute Gasteiger partial charge is 0.488 e. The molecular formula is C28H20N2O3. The monoisotopic (exact) mass is 432 g/mol. The Morgan fingerprint density at radius 3 is 1.91 bits per heavy atom. The molecular weight excluding hydrogens is 412 g/mol. The Balaban J connectivity index is 1.46. The summed E-state index contributed by atoms with van der Waals surface area (Å²) in [4.78, 5) is 13.7. The second-order valence-corrected chi connectivity index (χ2v) is 7.99. The van der Waals surface area contributed by atoms with Gasteiger partial charge in [0.2, 0.25) is 0 Å². The minimum absolute atomic E-state index is 0.0854. The van der Waals surface area contributed by atoms with Crippen LogP contribution in [0.1, 0.15) is 27.0 Å². The average molecular weight is 432 g/mol. The van der Waals surface area contributed by atoms with Gasteiger partial charge in [0.25, 0.3) is 0 Å². The molecule has 1 aromatic heterocycles. The fraction of sp³-hybridized carbons (Fsp3) is 0.0714. The van der Waals surface area contributed by atoms with Crippen molar-refractivity contribution < 1.29 is 14.3 Å². The van der Waals surface area contributed by atoms with Gasteiger partial charge in [-0.1, -0.05) is 72.8 Å². The van der Waals surface area contributed by atoms with E-state index in [1.54, 1.807) is 0 Å². The van der Waals surface area contributed by atoms with Crippen LogP contribution in [0.25, 0.3) is 22.2 Å². The number of ketones is 1. The van der Waals surface area contributed by atoms with Crippen LogP contribution in [0, 0.1) is 0 Å². The quantitative estimate of drug-likeness (QED) is 0.354. The van der Waals surface area contributed by atoms with E-state index in [4.69, 9.17) is 9.47 Å². The topological polar surface area (TPSA) is 64.2 Å². The molecule has 0 bridgehead atoms. The third kappa shape index (κ3) is 3.34. The van der Waals surface area contributed by atoms with Crippen LogP contribution < -0.4 is 9.47 Å². The number of benzene rings is 4. The average Bonchev–Trinajstić information content (AvgIpc) is 3.31. The zero-order chi connectivity index (χ0) is 22.2. The van der Waals surface area contributed by atoms with Gasteiger partial charge >= 0.3 is 0 Å². The molecule has 1 aliphatic rings. The van der Waals surface area contributed by atoms with E-state index >= 15 is 0 Å². The van der Waals surface area contributed by atoms with Crippen LogP contribution in [0.2, 0.25) is 0 Å². The van der Waals surface area contributed by atoms with Crippen molar-refractivity contribution in [2.45, 2.75) is 13.2 Å². The highest BCUT2D eigenvalue weighted by Crippen LogP contribution is 2.46. The van der Waals surface area contributed by atoms with Gasteiger partial charge in [-0.15, -0.1) is 0 Å². The molecule has 5 heteroatoms. The van der Waals surface area contributed by atoms with Gasteiger partial charge < -0.3 is 9.47 Å². The molecule has 0 saturated heterocycles. The molecule has 0 amide bonds. The molecule has 1 heterocycles. The minimum atomic E-state index is -0.0854. The standard InChI is InChI=1S/C28H20N2O3/c31-28-20-12-7-13-21-24(20)27(30-29-21)25-22(32-16-18-8-3-1-4-9-18)14-15-23(26(25)28)33-17-19-10-5-2-6-11-19/h1-15H,16-17H2,(H,29,30). The summed E-state index contributed by atoms with van der Waals surface area (Å²) in [5, 5.41) is 8.44. The van der Waals surface area contributed by atoms with Crippen molar-refractivity contribution in [1.82, 2.24) is 10.2 Å². The lowest BCUT2D eigenvalue weighted by molar-refractivity contribution is 0.103. The van der Waals surface area contributed by atoms with E-state index in [9.17, 15) is 4.79 Å². The van der Waals surface area contributed by atoms with Crippen LogP contribution >= 0.6 is 0 Å². The third-order valence-electron chi connectivity index (χ3n) is 5.90. The van der Waals surface area contributed by atoms with Crippen molar-refractivity contribution in [3.8, 4) is 22.8 Å². The highest BCUT2D eigenvalue weighted by atomic mass is 16.5. The van der Waals surface area contributed by atoms with E-state index in [1.165, 1.54) is 0 Å². The Kier molecular flexibility index (Phi) is 4.65. The Bertz CT molecular complexity index is 1470. The molecule has 1 N–H and O–H groups in total. The van der Waals surface area contributed by atoms with Gasteiger partial charge in [-0.25, -0.2) is 0 Å². The molecule has 0 saturated carbocycles. The molecule has 0 radical (unpaired) electrons. The van der Waals surface area contributed by atoms with Crippen molar-refractivity contribution in [2.24, 2.45) is 0 Å². The number of aromatic amines is 1. The summed E-state index contributed by atoms with van der Waals surface area (Å²) in [5.74, 6) is 1.05. The summed E-state index contributed by atoms with van der Waals surface area (Å²) in [6, 6.07) is 29.2. The fourth-order valence-electron chi connectivity index (χ4n) is 4.31. The van der Waals surface area contributed by atoms with Crippen molar-refractivity contribution >= 4 is 16.7 Å². The summed E-state index contributed by atoms with van der Waals surface area (Å²) < 4.78 is 12.4. The smallest absolute Gasteiger partial charge is 0.198 e. The molecule has 33 heavy (non-hydrogen) atoms. The molecule has 5 nitrogen and oxygen atoms in total. The molecule has 1 aliphatic carbocycles. The first kappa shape index (κ1) is 19.3. The molecule has 4 aromatic carbocycles. The molecule has 5 aromatic rings. The lowest BCUT2D eigenvalue weighted by Gasteiger charge is -2.21. The van der Waals surface area contributed by atoms with E-state index in [-0.39, 0.29) is 5.78 Å². The molecule has 0 fully saturated rings. The molecule has 0 atom stereocenters. The van der Waals surface area contributed by atoms with E-state index in [1.807, 2.05) is 91.0 Å². The number of carbonyl (C=O) groups is 1. The molecule has 0 aliphatic heterocycles. The van der Waals surface area contributed by atoms with Crippen molar-refractivity contribution in [1.29, 1.82) is 0 Å². The number of ether oxygens (including phenoxy) is 2. The van der Waals surface area contributed by atoms with Crippen LogP contribution in [0.15, 0.2) is 91.0 Å². The normalized spacial score (nSPS) is 11.9. The molecule has 0 spiro atoms. The zero-order valence-corrected chi connectivity index (χ0v) is 17.7. The van der Waals surface area contributed by atoms with Gasteiger partial charge in [0, 0.05) is 10.9 Å². The summed E-state index contributed by atoms with van der Waals surface area (Å²) in [6.07, 6.45) is 0. The number of fused-ring (bicyclic) bond motifs is 2. The number of hydrogen-bond donors (Lipinski definition) is 1. The highest BCUT2D eigenvalue weighted by molar-refractivity contribution is 6.26. The first-order chi connectivity index (χ1) is 16.3. The maximum atomic E-state index is 13.7. The fourth-order valence-corrected chi connectivity index (χ4v) is 4.31. The second kappa shape index (κ2) is 7.95. The number of nitrogens with zero attached hydrogens (tertiary/aromatic N) is 1. The number of H-pyrrole nitrogens is 1. The van der Waals surface area contributed by atoms with Gasteiger partial charge in [0.15, 0.2) is 5.78 Å². The summed E-state index contributed by atoms with van der Waals surface area (Å²) in [6.45, 7) is 0.753. The maximum Gasteiger partial charge on any atom is 0.198 e. The van der Waals surface area contributed by atoms with Gasteiger partial charge in [-0.05, 0) is 29.3 Å². The summed E-state index contributed by atoms with van der Waals surface area (Å²) in [5.41, 5.74) is 5.39. The minimum Gasteiger partial charge on any atom is -0.488 e. The van der Waals surface area contributed by atoms with E-state index in [0.29, 0.717) is 47.1 Å². The SMILES string of the molecule is O=C1c2c(OCc3ccccc3)ccc(OCc3ccccc3)c2-c2n[nH]c3cccc1c23. The van der Waals surface area contributed by atoms with Crippen LogP contribution in [-0.4, -0.2) is 16.0 Å². The number of hydrogen-bond acceptors (Lipinski definition) is 4. The molecule has 6 rings (SSSR count). The van der Waals surface area contributed by atoms with Gasteiger partial charge in [-0.2, -0.15) is 5.10 Å². The van der Waals surface area contributed by atoms with Crippen molar-refractivity contribution in [2.75, 3.05) is 0 Å². The van der Waals surface area contributed by atoms with Gasteiger partial charge in [-0.3, -0.25) is 9.89 Å². The summed E-state index contributed by atoms with van der Waals surface area (Å²) in [7, 11) is 0.